The summed E-state index contributed by atoms with van der Waals surface area (Å²) in [6.07, 6.45) is 2.64. The number of ether oxygens (including phenoxy) is 1. The van der Waals surface area contributed by atoms with Gasteiger partial charge in [0.05, 0.1) is 12.7 Å². The number of piperidine rings is 1. The van der Waals surface area contributed by atoms with Crippen molar-refractivity contribution in [2.45, 2.75) is 31.9 Å². The van der Waals surface area contributed by atoms with E-state index in [9.17, 15) is 4.79 Å². The lowest BCUT2D eigenvalue weighted by atomic mass is 10.0. The topological polar surface area (TPSA) is 44.9 Å². The highest BCUT2D eigenvalue weighted by atomic mass is 16.6. The zero-order chi connectivity index (χ0) is 9.97. The molecule has 1 amide bonds. The molecule has 2 fully saturated rings. The van der Waals surface area contributed by atoms with Crippen LogP contribution < -0.4 is 5.32 Å². The third-order valence-corrected chi connectivity index (χ3v) is 2.86. The molecule has 0 aromatic carbocycles. The third-order valence-electron chi connectivity index (χ3n) is 2.86. The minimum Gasteiger partial charge on any atom is -0.372 e. The molecule has 0 aromatic heterocycles. The van der Waals surface area contributed by atoms with Crippen LogP contribution >= 0.6 is 0 Å². The molecule has 80 valence electrons. The Morgan fingerprint density at radius 1 is 1.50 bits per heavy atom. The van der Waals surface area contributed by atoms with Crippen LogP contribution in [0.5, 0.6) is 0 Å². The fourth-order valence-corrected chi connectivity index (χ4v) is 2.01. The molecule has 1 N–H and O–H groups in total. The van der Waals surface area contributed by atoms with Crippen LogP contribution in [0.15, 0.2) is 0 Å². The molecule has 14 heavy (non-hydrogen) atoms. The highest BCUT2D eigenvalue weighted by Crippen LogP contribution is 2.15. The highest BCUT2D eigenvalue weighted by molar-refractivity contribution is 5.73. The summed E-state index contributed by atoms with van der Waals surface area (Å²) in [5.41, 5.74) is 0. The van der Waals surface area contributed by atoms with Gasteiger partial charge in [0, 0.05) is 32.6 Å². The quantitative estimate of drug-likeness (QED) is 0.648. The highest BCUT2D eigenvalue weighted by Gasteiger charge is 2.27. The molecule has 0 aliphatic carbocycles. The van der Waals surface area contributed by atoms with Crippen LogP contribution in [-0.2, 0) is 9.53 Å². The third kappa shape index (κ3) is 2.96. The van der Waals surface area contributed by atoms with Crippen LogP contribution in [0.3, 0.4) is 0 Å². The average Bonchev–Trinajstić information content (AvgIpc) is 2.91. The van der Waals surface area contributed by atoms with E-state index >= 15 is 0 Å². The Kier molecular flexibility index (Phi) is 3.03. The first-order valence-corrected chi connectivity index (χ1v) is 5.35. The van der Waals surface area contributed by atoms with Crippen molar-refractivity contribution in [1.29, 1.82) is 0 Å². The molecule has 2 aliphatic heterocycles. The van der Waals surface area contributed by atoms with Gasteiger partial charge >= 0.3 is 0 Å². The SMILES string of the molecule is CC(=O)NC1CCN(C[C@@H]2CO2)CC1. The molecule has 0 saturated carbocycles. The molecular weight excluding hydrogens is 180 g/mol. The van der Waals surface area contributed by atoms with Crippen molar-refractivity contribution in [2.24, 2.45) is 0 Å². The number of carbonyl (C=O) groups excluding carboxylic acids is 1. The minimum absolute atomic E-state index is 0.0916. The van der Waals surface area contributed by atoms with Crippen molar-refractivity contribution in [2.75, 3.05) is 26.2 Å². The van der Waals surface area contributed by atoms with E-state index in [1.165, 1.54) is 0 Å². The molecule has 2 heterocycles. The molecule has 0 spiro atoms. The fraction of sp³-hybridized carbons (Fsp3) is 0.900. The van der Waals surface area contributed by atoms with Crippen molar-refractivity contribution in [3.63, 3.8) is 0 Å². The summed E-state index contributed by atoms with van der Waals surface area (Å²) < 4.78 is 5.19. The Hall–Kier alpha value is -0.610. The average molecular weight is 198 g/mol. The predicted octanol–water partition coefficient (Wildman–Crippen LogP) is -0.0143. The van der Waals surface area contributed by atoms with Crippen LogP contribution in [-0.4, -0.2) is 49.2 Å². The molecule has 4 heteroatoms. The summed E-state index contributed by atoms with van der Waals surface area (Å²) in [6.45, 7) is 5.78. The summed E-state index contributed by atoms with van der Waals surface area (Å²) in [6, 6.07) is 0.392. The number of likely N-dealkylation sites (tertiary alicyclic amines) is 1. The summed E-state index contributed by atoms with van der Waals surface area (Å²) in [5, 5.41) is 2.97. The van der Waals surface area contributed by atoms with Crippen LogP contribution in [0.4, 0.5) is 0 Å². The summed E-state index contributed by atoms with van der Waals surface area (Å²) in [7, 11) is 0. The van der Waals surface area contributed by atoms with Crippen LogP contribution in [0, 0.1) is 0 Å². The van der Waals surface area contributed by atoms with Gasteiger partial charge in [-0.1, -0.05) is 0 Å². The number of epoxide rings is 1. The van der Waals surface area contributed by atoms with E-state index in [-0.39, 0.29) is 5.91 Å². The number of nitrogens with one attached hydrogen (secondary N) is 1. The Bertz CT molecular complexity index is 208. The summed E-state index contributed by atoms with van der Waals surface area (Å²) in [5.74, 6) is 0.0916. The second kappa shape index (κ2) is 4.28. The molecule has 2 aliphatic rings. The number of hydrogen-bond acceptors (Lipinski definition) is 3. The van der Waals surface area contributed by atoms with Crippen LogP contribution in [0.1, 0.15) is 19.8 Å². The number of hydrogen-bond donors (Lipinski definition) is 1. The Labute approximate surface area is 84.6 Å². The first-order valence-electron chi connectivity index (χ1n) is 5.35. The Morgan fingerprint density at radius 3 is 2.64 bits per heavy atom. The van der Waals surface area contributed by atoms with Crippen molar-refractivity contribution < 1.29 is 9.53 Å². The molecular formula is C10H18N2O2. The monoisotopic (exact) mass is 198 g/mol. The second-order valence-corrected chi connectivity index (χ2v) is 4.23. The van der Waals surface area contributed by atoms with E-state index in [0.717, 1.165) is 39.1 Å². The normalized spacial score (nSPS) is 28.8. The molecule has 4 nitrogen and oxygen atoms in total. The van der Waals surface area contributed by atoms with Crippen LogP contribution in [0.25, 0.3) is 0 Å². The maximum atomic E-state index is 10.8. The number of amides is 1. The standard InChI is InChI=1S/C10H18N2O2/c1-8(13)11-9-2-4-12(5-3-9)6-10-7-14-10/h9-10H,2-7H2,1H3,(H,11,13)/t10-/m1/s1. The Morgan fingerprint density at radius 2 is 2.14 bits per heavy atom. The summed E-state index contributed by atoms with van der Waals surface area (Å²) >= 11 is 0. The van der Waals surface area contributed by atoms with Gasteiger partial charge in [0.2, 0.25) is 5.91 Å². The van der Waals surface area contributed by atoms with Gasteiger partial charge in [-0.25, -0.2) is 0 Å². The van der Waals surface area contributed by atoms with Crippen LogP contribution in [0.2, 0.25) is 0 Å². The molecule has 2 saturated heterocycles. The Balaban J connectivity index is 1.66. The smallest absolute Gasteiger partial charge is 0.217 e. The van der Waals surface area contributed by atoms with E-state index in [1.54, 1.807) is 6.92 Å². The van der Waals surface area contributed by atoms with Gasteiger partial charge < -0.3 is 15.0 Å². The van der Waals surface area contributed by atoms with Gasteiger partial charge in [0.1, 0.15) is 0 Å². The van der Waals surface area contributed by atoms with Crippen molar-refractivity contribution in [1.82, 2.24) is 10.2 Å². The number of nitrogens with zero attached hydrogens (tertiary/aromatic N) is 1. The minimum atomic E-state index is 0.0916. The van der Waals surface area contributed by atoms with E-state index in [2.05, 4.69) is 10.2 Å². The zero-order valence-corrected chi connectivity index (χ0v) is 8.66. The zero-order valence-electron chi connectivity index (χ0n) is 8.66. The molecule has 2 rings (SSSR count). The first-order chi connectivity index (χ1) is 6.74. The van der Waals surface area contributed by atoms with Gasteiger partial charge in [0.15, 0.2) is 0 Å². The van der Waals surface area contributed by atoms with Gasteiger partial charge in [-0.15, -0.1) is 0 Å². The lowest BCUT2D eigenvalue weighted by Crippen LogP contribution is -2.44. The lowest BCUT2D eigenvalue weighted by molar-refractivity contribution is -0.119. The van der Waals surface area contributed by atoms with E-state index in [0.29, 0.717) is 12.1 Å². The maximum absolute atomic E-state index is 10.8. The van der Waals surface area contributed by atoms with Crippen molar-refractivity contribution in [3.8, 4) is 0 Å². The lowest BCUT2D eigenvalue weighted by Gasteiger charge is -2.31. The molecule has 0 radical (unpaired) electrons. The predicted molar refractivity (Wildman–Crippen MR) is 53.0 cm³/mol. The fourth-order valence-electron chi connectivity index (χ4n) is 2.01. The first kappa shape index (κ1) is 9.93. The molecule has 0 unspecified atom stereocenters. The second-order valence-electron chi connectivity index (χ2n) is 4.23. The van der Waals surface area contributed by atoms with Gasteiger partial charge in [-0.3, -0.25) is 4.79 Å². The van der Waals surface area contributed by atoms with Crippen molar-refractivity contribution >= 4 is 5.91 Å². The van der Waals surface area contributed by atoms with Gasteiger partial charge in [-0.2, -0.15) is 0 Å². The molecule has 1 atom stereocenters. The van der Waals surface area contributed by atoms with E-state index < -0.39 is 0 Å². The molecule has 0 aromatic rings. The van der Waals surface area contributed by atoms with Gasteiger partial charge in [-0.05, 0) is 12.8 Å². The maximum Gasteiger partial charge on any atom is 0.217 e. The number of carbonyl (C=O) groups is 1. The van der Waals surface area contributed by atoms with Gasteiger partial charge in [0.25, 0.3) is 0 Å². The molecule has 0 bridgehead atoms. The van der Waals surface area contributed by atoms with E-state index in [4.69, 9.17) is 4.74 Å². The summed E-state index contributed by atoms with van der Waals surface area (Å²) in [4.78, 5) is 13.3. The largest absolute Gasteiger partial charge is 0.372 e. The van der Waals surface area contributed by atoms with Crippen molar-refractivity contribution in [3.05, 3.63) is 0 Å². The number of rotatable bonds is 3. The van der Waals surface area contributed by atoms with E-state index in [1.807, 2.05) is 0 Å².